The molecule has 3 atom stereocenters. The molecule has 0 radical (unpaired) electrons. The van der Waals surface area contributed by atoms with Crippen LogP contribution in [0.25, 0.3) is 0 Å². The number of fused-ring (bicyclic) bond motifs is 1. The molecule has 6 heteroatoms. The molecule has 2 aromatic rings. The summed E-state index contributed by atoms with van der Waals surface area (Å²) in [7, 11) is 0. The highest BCUT2D eigenvalue weighted by molar-refractivity contribution is 6.30. The van der Waals surface area contributed by atoms with E-state index in [1.165, 1.54) is 0 Å². The van der Waals surface area contributed by atoms with Crippen LogP contribution in [-0.4, -0.2) is 30.7 Å². The minimum atomic E-state index is -0.523. The number of carbonyl (C=O) groups excluding carboxylic acids is 2. The second-order valence-corrected chi connectivity index (χ2v) is 10.1. The molecule has 0 aromatic heterocycles. The number of benzene rings is 2. The first kappa shape index (κ1) is 25.2. The van der Waals surface area contributed by atoms with Crippen molar-refractivity contribution in [3.63, 3.8) is 0 Å². The fourth-order valence-electron chi connectivity index (χ4n) is 5.09. The Hall–Kier alpha value is -2.92. The van der Waals surface area contributed by atoms with E-state index in [1.54, 1.807) is 0 Å². The standard InChI is InChI=1S/C29H32ClNO4/c1-5-34-25-9-7-6-8-22(25)27-26(29(33)35-16-17(2)3)18(4)31-23-14-20(15-24(32)28(23)27)19-10-12-21(30)13-11-19/h6-13,17,20,27-28H,5,14-16H2,1-4H3/t20-,27-,28?/m0/s1. The average Bonchev–Trinajstić information content (AvgIpc) is 2.82. The molecular weight excluding hydrogens is 462 g/mol. The third-order valence-corrected chi connectivity index (χ3v) is 6.87. The Morgan fingerprint density at radius 2 is 1.80 bits per heavy atom. The van der Waals surface area contributed by atoms with Crippen LogP contribution in [0.5, 0.6) is 5.75 Å². The number of hydrogen-bond acceptors (Lipinski definition) is 5. The summed E-state index contributed by atoms with van der Waals surface area (Å²) in [5.41, 5.74) is 3.76. The minimum Gasteiger partial charge on any atom is -0.494 e. The van der Waals surface area contributed by atoms with E-state index < -0.39 is 17.8 Å². The van der Waals surface area contributed by atoms with Gasteiger partial charge in [-0.25, -0.2) is 4.79 Å². The average molecular weight is 494 g/mol. The van der Waals surface area contributed by atoms with Gasteiger partial charge in [0, 0.05) is 34.3 Å². The molecule has 0 N–H and O–H groups in total. The molecule has 2 aliphatic rings. The molecule has 1 saturated carbocycles. The summed E-state index contributed by atoms with van der Waals surface area (Å²) in [6.07, 6.45) is 1.03. The van der Waals surface area contributed by atoms with Crippen LogP contribution < -0.4 is 4.74 Å². The molecule has 1 heterocycles. The van der Waals surface area contributed by atoms with Gasteiger partial charge >= 0.3 is 5.97 Å². The molecule has 0 spiro atoms. The van der Waals surface area contributed by atoms with Crippen LogP contribution >= 0.6 is 11.6 Å². The van der Waals surface area contributed by atoms with E-state index in [2.05, 4.69) is 0 Å². The smallest absolute Gasteiger partial charge is 0.336 e. The topological polar surface area (TPSA) is 65.0 Å². The molecule has 2 aromatic carbocycles. The second-order valence-electron chi connectivity index (χ2n) is 9.64. The highest BCUT2D eigenvalue weighted by Gasteiger charge is 2.47. The summed E-state index contributed by atoms with van der Waals surface area (Å²) >= 11 is 6.07. The van der Waals surface area contributed by atoms with Gasteiger partial charge in [-0.3, -0.25) is 9.79 Å². The fraction of sp³-hybridized carbons (Fsp3) is 0.414. The van der Waals surface area contributed by atoms with Gasteiger partial charge in [0.2, 0.25) is 0 Å². The number of hydrogen-bond donors (Lipinski definition) is 0. The quantitative estimate of drug-likeness (QED) is 0.412. The van der Waals surface area contributed by atoms with E-state index in [1.807, 2.05) is 76.2 Å². The van der Waals surface area contributed by atoms with E-state index in [4.69, 9.17) is 26.1 Å². The van der Waals surface area contributed by atoms with E-state index in [-0.39, 0.29) is 17.6 Å². The Labute approximate surface area is 212 Å². The Kier molecular flexibility index (Phi) is 7.75. The highest BCUT2D eigenvalue weighted by Crippen LogP contribution is 2.48. The minimum absolute atomic E-state index is 0.0276. The van der Waals surface area contributed by atoms with Crippen LogP contribution in [0.3, 0.4) is 0 Å². The van der Waals surface area contributed by atoms with Gasteiger partial charge in [0.25, 0.3) is 0 Å². The number of ether oxygens (including phenoxy) is 2. The van der Waals surface area contributed by atoms with Gasteiger partial charge in [-0.1, -0.05) is 55.8 Å². The maximum atomic E-state index is 13.8. The van der Waals surface area contributed by atoms with Crippen molar-refractivity contribution >= 4 is 29.1 Å². The molecule has 1 aliphatic carbocycles. The van der Waals surface area contributed by atoms with E-state index in [0.717, 1.165) is 16.8 Å². The number of nitrogens with zero attached hydrogens (tertiary/aromatic N) is 1. The van der Waals surface area contributed by atoms with Crippen molar-refractivity contribution in [2.75, 3.05) is 13.2 Å². The summed E-state index contributed by atoms with van der Waals surface area (Å²) in [6.45, 7) is 8.54. The largest absolute Gasteiger partial charge is 0.494 e. The first-order chi connectivity index (χ1) is 16.8. The SMILES string of the molecule is CCOc1ccccc1[C@H]1C(C(=O)OCC(C)C)=C(C)N=C2C[C@H](c3ccc(Cl)cc3)CC(=O)C21. The molecule has 0 saturated heterocycles. The van der Waals surface area contributed by atoms with Gasteiger partial charge in [0.05, 0.1) is 24.7 Å². The third kappa shape index (κ3) is 5.35. The lowest BCUT2D eigenvalue weighted by Gasteiger charge is -2.38. The summed E-state index contributed by atoms with van der Waals surface area (Å²) in [4.78, 5) is 31.9. The normalized spacial score (nSPS) is 22.1. The number of aliphatic imine (C=N–C) groups is 1. The number of rotatable bonds is 7. The fourth-order valence-corrected chi connectivity index (χ4v) is 5.22. The Morgan fingerprint density at radius 1 is 1.09 bits per heavy atom. The Bertz CT molecular complexity index is 1170. The van der Waals surface area contributed by atoms with Crippen LogP contribution in [0.1, 0.15) is 63.5 Å². The van der Waals surface area contributed by atoms with E-state index >= 15 is 0 Å². The number of Topliss-reactive ketones (excluding diaryl/α,β-unsaturated/α-hetero) is 1. The first-order valence-corrected chi connectivity index (χ1v) is 12.6. The second kappa shape index (κ2) is 10.8. The molecule has 1 aliphatic heterocycles. The van der Waals surface area contributed by atoms with Crippen LogP contribution in [0.15, 0.2) is 64.8 Å². The van der Waals surface area contributed by atoms with Crippen LogP contribution in [0.4, 0.5) is 0 Å². The van der Waals surface area contributed by atoms with Crippen LogP contribution in [0.2, 0.25) is 5.02 Å². The zero-order valence-corrected chi connectivity index (χ0v) is 21.5. The van der Waals surface area contributed by atoms with Gasteiger partial charge in [-0.15, -0.1) is 0 Å². The predicted molar refractivity (Wildman–Crippen MR) is 138 cm³/mol. The molecule has 0 amide bonds. The number of ketones is 1. The molecule has 4 rings (SSSR count). The summed E-state index contributed by atoms with van der Waals surface area (Å²) in [5, 5.41) is 0.666. The van der Waals surface area contributed by atoms with Gasteiger partial charge in [-0.05, 0) is 55.9 Å². The molecule has 5 nitrogen and oxygen atoms in total. The monoisotopic (exact) mass is 493 g/mol. The molecule has 184 valence electrons. The predicted octanol–water partition coefficient (Wildman–Crippen LogP) is 6.51. The zero-order chi connectivity index (χ0) is 25.1. The number of halogens is 1. The van der Waals surface area contributed by atoms with E-state index in [9.17, 15) is 9.59 Å². The van der Waals surface area contributed by atoms with Crippen molar-refractivity contribution in [3.05, 3.63) is 76.0 Å². The Morgan fingerprint density at radius 3 is 2.49 bits per heavy atom. The highest BCUT2D eigenvalue weighted by atomic mass is 35.5. The molecule has 35 heavy (non-hydrogen) atoms. The van der Waals surface area contributed by atoms with Crippen molar-refractivity contribution in [1.82, 2.24) is 0 Å². The maximum Gasteiger partial charge on any atom is 0.336 e. The zero-order valence-electron chi connectivity index (χ0n) is 20.7. The summed E-state index contributed by atoms with van der Waals surface area (Å²) < 4.78 is 11.6. The van der Waals surface area contributed by atoms with Gasteiger partial charge in [-0.2, -0.15) is 0 Å². The lowest BCUT2D eigenvalue weighted by molar-refractivity contribution is -0.140. The lowest BCUT2D eigenvalue weighted by Crippen LogP contribution is -2.41. The number of allylic oxidation sites excluding steroid dienone is 1. The van der Waals surface area contributed by atoms with Crippen LogP contribution in [0, 0.1) is 11.8 Å². The van der Waals surface area contributed by atoms with Crippen molar-refractivity contribution in [1.29, 1.82) is 0 Å². The maximum absolute atomic E-state index is 13.8. The summed E-state index contributed by atoms with van der Waals surface area (Å²) in [5.74, 6) is -0.450. The van der Waals surface area contributed by atoms with Crippen molar-refractivity contribution in [2.45, 2.75) is 52.4 Å². The van der Waals surface area contributed by atoms with E-state index in [0.29, 0.717) is 48.1 Å². The van der Waals surface area contributed by atoms with Crippen molar-refractivity contribution in [3.8, 4) is 5.75 Å². The van der Waals surface area contributed by atoms with Gasteiger partial charge in [0.1, 0.15) is 11.5 Å². The molecular formula is C29H32ClNO4. The number of para-hydroxylation sites is 1. The first-order valence-electron chi connectivity index (χ1n) is 12.2. The van der Waals surface area contributed by atoms with Crippen molar-refractivity contribution in [2.24, 2.45) is 16.8 Å². The molecule has 0 bridgehead atoms. The summed E-state index contributed by atoms with van der Waals surface area (Å²) in [6, 6.07) is 15.3. The number of esters is 1. The molecule has 1 fully saturated rings. The third-order valence-electron chi connectivity index (χ3n) is 6.62. The van der Waals surface area contributed by atoms with Gasteiger partial charge < -0.3 is 9.47 Å². The van der Waals surface area contributed by atoms with Crippen LogP contribution in [-0.2, 0) is 14.3 Å². The lowest BCUT2D eigenvalue weighted by atomic mass is 9.66. The molecule has 1 unspecified atom stereocenters. The van der Waals surface area contributed by atoms with Gasteiger partial charge in [0.15, 0.2) is 0 Å². The van der Waals surface area contributed by atoms with Crippen molar-refractivity contribution < 1.29 is 19.1 Å². The number of carbonyl (C=O) groups is 2. The Balaban J connectivity index is 1.79.